The Morgan fingerprint density at radius 3 is 2.62 bits per heavy atom. The van der Waals surface area contributed by atoms with E-state index in [0.717, 1.165) is 35.7 Å². The van der Waals surface area contributed by atoms with Crippen molar-refractivity contribution < 1.29 is 9.90 Å². The summed E-state index contributed by atoms with van der Waals surface area (Å²) in [5.41, 5.74) is 2.90. The summed E-state index contributed by atoms with van der Waals surface area (Å²) in [6, 6.07) is 10.0. The molecule has 3 rings (SSSR count). The number of hydrogen-bond donors (Lipinski definition) is 1. The van der Waals surface area contributed by atoms with E-state index in [0.29, 0.717) is 6.42 Å². The number of aryl methyl sites for hydroxylation is 2. The monoisotopic (exact) mass is 324 g/mol. The minimum atomic E-state index is -0.755. The Bertz CT molecular complexity index is 821. The van der Waals surface area contributed by atoms with E-state index < -0.39 is 5.97 Å². The molecule has 0 fully saturated rings. The number of carboxylic acid groups (broad SMARTS) is 1. The molecule has 0 spiro atoms. The Morgan fingerprint density at radius 2 is 1.96 bits per heavy atom. The van der Waals surface area contributed by atoms with Gasteiger partial charge in [0.2, 0.25) is 0 Å². The van der Waals surface area contributed by atoms with Gasteiger partial charge in [-0.2, -0.15) is 0 Å². The molecule has 0 amide bonds. The Labute approximate surface area is 140 Å². The maximum Gasteiger partial charge on any atom is 0.303 e. The molecular formula is C18H20N4O2. The lowest BCUT2D eigenvalue weighted by Gasteiger charge is -2.10. The van der Waals surface area contributed by atoms with Crippen molar-refractivity contribution in [1.29, 1.82) is 0 Å². The van der Waals surface area contributed by atoms with Crippen LogP contribution in [0.25, 0.3) is 22.8 Å². The molecule has 0 atom stereocenters. The van der Waals surface area contributed by atoms with Crippen molar-refractivity contribution in [3.63, 3.8) is 0 Å². The third kappa shape index (κ3) is 3.37. The Hall–Kier alpha value is -2.89. The molecule has 3 aromatic rings. The van der Waals surface area contributed by atoms with Crippen molar-refractivity contribution in [1.82, 2.24) is 19.1 Å². The Kier molecular flexibility index (Phi) is 4.74. The van der Waals surface area contributed by atoms with Crippen LogP contribution in [0.3, 0.4) is 0 Å². The number of carboxylic acids is 1. The fourth-order valence-electron chi connectivity index (χ4n) is 2.75. The zero-order chi connectivity index (χ0) is 16.9. The molecule has 0 saturated carbocycles. The highest BCUT2D eigenvalue weighted by molar-refractivity contribution is 5.75. The number of rotatable bonds is 7. The van der Waals surface area contributed by atoms with Crippen LogP contribution in [-0.4, -0.2) is 30.2 Å². The molecule has 0 saturated heterocycles. The minimum Gasteiger partial charge on any atom is -0.481 e. The predicted octanol–water partition coefficient (Wildman–Crippen LogP) is 3.21. The molecule has 6 nitrogen and oxygen atoms in total. The zero-order valence-corrected chi connectivity index (χ0v) is 13.6. The normalized spacial score (nSPS) is 10.9. The smallest absolute Gasteiger partial charge is 0.303 e. The van der Waals surface area contributed by atoms with E-state index in [1.54, 1.807) is 6.20 Å². The highest BCUT2D eigenvalue weighted by atomic mass is 16.4. The second kappa shape index (κ2) is 7.12. The van der Waals surface area contributed by atoms with Gasteiger partial charge in [0, 0.05) is 38.0 Å². The van der Waals surface area contributed by atoms with E-state index in [-0.39, 0.29) is 6.42 Å². The van der Waals surface area contributed by atoms with Crippen LogP contribution in [0.15, 0.2) is 49.1 Å². The summed E-state index contributed by atoms with van der Waals surface area (Å²) in [7, 11) is 1.96. The third-order valence-corrected chi connectivity index (χ3v) is 3.96. The number of aliphatic carboxylic acids is 1. The van der Waals surface area contributed by atoms with Crippen molar-refractivity contribution in [2.45, 2.75) is 25.8 Å². The molecule has 0 unspecified atom stereocenters. The fourth-order valence-corrected chi connectivity index (χ4v) is 2.75. The molecule has 0 aliphatic heterocycles. The number of benzene rings is 1. The van der Waals surface area contributed by atoms with Gasteiger partial charge in [-0.15, -0.1) is 0 Å². The van der Waals surface area contributed by atoms with Gasteiger partial charge in [0.25, 0.3) is 0 Å². The van der Waals surface area contributed by atoms with Gasteiger partial charge in [-0.3, -0.25) is 4.79 Å². The van der Waals surface area contributed by atoms with Crippen molar-refractivity contribution in [3.8, 4) is 22.8 Å². The first-order chi connectivity index (χ1) is 11.7. The molecule has 0 bridgehead atoms. The van der Waals surface area contributed by atoms with Gasteiger partial charge in [0.05, 0.1) is 12.0 Å². The molecule has 0 aliphatic rings. The third-order valence-electron chi connectivity index (χ3n) is 3.96. The topological polar surface area (TPSA) is 72.9 Å². The number of aromatic nitrogens is 4. The highest BCUT2D eigenvalue weighted by Gasteiger charge is 2.18. The van der Waals surface area contributed by atoms with E-state index in [2.05, 4.69) is 14.5 Å². The Balaban J connectivity index is 1.93. The van der Waals surface area contributed by atoms with Crippen LogP contribution in [0.1, 0.15) is 19.3 Å². The van der Waals surface area contributed by atoms with Gasteiger partial charge in [-0.1, -0.05) is 30.3 Å². The van der Waals surface area contributed by atoms with Crippen LogP contribution < -0.4 is 0 Å². The van der Waals surface area contributed by atoms with Gasteiger partial charge in [0.1, 0.15) is 5.69 Å². The minimum absolute atomic E-state index is 0.192. The summed E-state index contributed by atoms with van der Waals surface area (Å²) in [6.45, 7) is 0.718. The van der Waals surface area contributed by atoms with Crippen LogP contribution in [0.4, 0.5) is 0 Å². The van der Waals surface area contributed by atoms with Gasteiger partial charge in [-0.05, 0) is 12.8 Å². The fraction of sp³-hybridized carbons (Fsp3) is 0.278. The average Bonchev–Trinajstić information content (AvgIpc) is 3.18. The summed E-state index contributed by atoms with van der Waals surface area (Å²) < 4.78 is 4.03. The van der Waals surface area contributed by atoms with E-state index in [4.69, 9.17) is 5.11 Å². The largest absolute Gasteiger partial charge is 0.481 e. The molecule has 24 heavy (non-hydrogen) atoms. The molecule has 2 heterocycles. The number of unbranched alkanes of at least 4 members (excludes halogenated alkanes) is 1. The average molecular weight is 324 g/mol. The SMILES string of the molecule is Cn1ccnc1-c1c(-c2ccccc2)ncn1CCCCC(=O)O. The molecule has 124 valence electrons. The second-order valence-corrected chi connectivity index (χ2v) is 5.71. The lowest BCUT2D eigenvalue weighted by atomic mass is 10.1. The first-order valence-corrected chi connectivity index (χ1v) is 7.97. The molecule has 1 aromatic carbocycles. The van der Waals surface area contributed by atoms with Crippen LogP contribution in [0.5, 0.6) is 0 Å². The lowest BCUT2D eigenvalue weighted by Crippen LogP contribution is -2.04. The van der Waals surface area contributed by atoms with E-state index in [9.17, 15) is 4.79 Å². The van der Waals surface area contributed by atoms with E-state index in [1.807, 2.05) is 54.5 Å². The number of imidazole rings is 2. The Morgan fingerprint density at radius 1 is 1.17 bits per heavy atom. The van der Waals surface area contributed by atoms with Crippen molar-refractivity contribution in [2.75, 3.05) is 0 Å². The summed E-state index contributed by atoms with van der Waals surface area (Å²) in [4.78, 5) is 19.7. The van der Waals surface area contributed by atoms with Crippen molar-refractivity contribution in [3.05, 3.63) is 49.1 Å². The van der Waals surface area contributed by atoms with E-state index in [1.165, 1.54) is 0 Å². The van der Waals surface area contributed by atoms with Gasteiger partial charge >= 0.3 is 5.97 Å². The summed E-state index contributed by atoms with van der Waals surface area (Å²) in [6.07, 6.45) is 7.12. The zero-order valence-electron chi connectivity index (χ0n) is 13.6. The number of hydrogen-bond acceptors (Lipinski definition) is 3. The van der Waals surface area contributed by atoms with Gasteiger partial charge in [0.15, 0.2) is 5.82 Å². The van der Waals surface area contributed by atoms with Crippen LogP contribution in [0, 0.1) is 0 Å². The van der Waals surface area contributed by atoms with Gasteiger partial charge in [-0.25, -0.2) is 9.97 Å². The predicted molar refractivity (Wildman–Crippen MR) is 91.4 cm³/mol. The first kappa shape index (κ1) is 16.0. The molecule has 0 radical (unpaired) electrons. The quantitative estimate of drug-likeness (QED) is 0.677. The summed E-state index contributed by atoms with van der Waals surface area (Å²) in [5, 5.41) is 8.77. The lowest BCUT2D eigenvalue weighted by molar-refractivity contribution is -0.137. The highest BCUT2D eigenvalue weighted by Crippen LogP contribution is 2.30. The molecule has 1 N–H and O–H groups in total. The van der Waals surface area contributed by atoms with Crippen LogP contribution in [0.2, 0.25) is 0 Å². The standard InChI is InChI=1S/C18H20N4O2/c1-21-12-10-19-18(21)17-16(14-7-3-2-4-8-14)20-13-22(17)11-6-5-9-15(23)24/h2-4,7-8,10,12-13H,5-6,9,11H2,1H3,(H,23,24). The summed E-state index contributed by atoms with van der Waals surface area (Å²) in [5.74, 6) is 0.0968. The molecular weight excluding hydrogens is 304 g/mol. The summed E-state index contributed by atoms with van der Waals surface area (Å²) >= 11 is 0. The van der Waals surface area contributed by atoms with Crippen molar-refractivity contribution >= 4 is 5.97 Å². The van der Waals surface area contributed by atoms with Crippen LogP contribution >= 0.6 is 0 Å². The number of nitrogens with zero attached hydrogens (tertiary/aromatic N) is 4. The van der Waals surface area contributed by atoms with Crippen molar-refractivity contribution in [2.24, 2.45) is 7.05 Å². The molecule has 2 aromatic heterocycles. The van der Waals surface area contributed by atoms with Crippen LogP contribution in [-0.2, 0) is 18.4 Å². The van der Waals surface area contributed by atoms with E-state index >= 15 is 0 Å². The maximum absolute atomic E-state index is 10.7. The first-order valence-electron chi connectivity index (χ1n) is 7.97. The van der Waals surface area contributed by atoms with Gasteiger partial charge < -0.3 is 14.2 Å². The molecule has 6 heteroatoms. The molecule has 0 aliphatic carbocycles. The maximum atomic E-state index is 10.7. The second-order valence-electron chi connectivity index (χ2n) is 5.71. The number of carbonyl (C=O) groups is 1.